The summed E-state index contributed by atoms with van der Waals surface area (Å²) in [6.45, 7) is 3.00. The Morgan fingerprint density at radius 3 is 2.84 bits per heavy atom. The van der Waals surface area contributed by atoms with Gasteiger partial charge in [0.15, 0.2) is 0 Å². The lowest BCUT2D eigenvalue weighted by Gasteiger charge is -2.08. The van der Waals surface area contributed by atoms with Gasteiger partial charge in [-0.2, -0.15) is 0 Å². The normalized spacial score (nSPS) is 12.9. The molecule has 2 nitrogen and oxygen atoms in total. The number of nitrogens with two attached hydrogens (primary N) is 1. The highest BCUT2D eigenvalue weighted by Crippen LogP contribution is 2.23. The molecule has 0 bridgehead atoms. The molecule has 0 aliphatic rings. The fraction of sp³-hybridized carbons (Fsp3) is 0.250. The molecule has 3 rings (SSSR count). The predicted molar refractivity (Wildman–Crippen MR) is 82.7 cm³/mol. The minimum absolute atomic E-state index is 0.200. The number of hydrogen-bond donors (Lipinski definition) is 1. The lowest BCUT2D eigenvalue weighted by molar-refractivity contribution is 0.741. The van der Waals surface area contributed by atoms with Crippen LogP contribution in [-0.2, 0) is 13.0 Å². The number of aromatic nitrogens is 1. The maximum atomic E-state index is 5.93. The molecule has 0 spiro atoms. The van der Waals surface area contributed by atoms with Gasteiger partial charge in [-0.15, -0.1) is 11.3 Å². The minimum Gasteiger partial charge on any atom is -0.342 e. The van der Waals surface area contributed by atoms with Crippen LogP contribution in [0, 0.1) is 0 Å². The summed E-state index contributed by atoms with van der Waals surface area (Å²) in [6, 6.07) is 13.2. The second kappa shape index (κ2) is 5.19. The molecule has 0 fully saturated rings. The summed E-state index contributed by atoms with van der Waals surface area (Å²) in [4.78, 5) is 1.38. The van der Waals surface area contributed by atoms with Crippen molar-refractivity contribution in [3.05, 3.63) is 58.4 Å². The lowest BCUT2D eigenvalue weighted by Crippen LogP contribution is -2.17. The second-order valence-corrected chi connectivity index (χ2v) is 6.09. The standard InChI is InChI=1S/C16H18N2S/c1-12(17)10-13-4-2-6-16-15(13)7-8-18(16)11-14-5-3-9-19-14/h2-9,12H,10-11,17H2,1H3. The van der Waals surface area contributed by atoms with E-state index in [4.69, 9.17) is 5.73 Å². The highest BCUT2D eigenvalue weighted by atomic mass is 32.1. The van der Waals surface area contributed by atoms with Crippen LogP contribution in [0.15, 0.2) is 48.0 Å². The molecule has 3 heteroatoms. The monoisotopic (exact) mass is 270 g/mol. The Balaban J connectivity index is 1.99. The van der Waals surface area contributed by atoms with E-state index in [0.717, 1.165) is 13.0 Å². The molecule has 98 valence electrons. The van der Waals surface area contributed by atoms with E-state index < -0.39 is 0 Å². The molecule has 0 amide bonds. The highest BCUT2D eigenvalue weighted by molar-refractivity contribution is 7.09. The van der Waals surface area contributed by atoms with Crippen LogP contribution in [0.1, 0.15) is 17.4 Å². The number of rotatable bonds is 4. The quantitative estimate of drug-likeness (QED) is 0.771. The van der Waals surface area contributed by atoms with E-state index in [1.165, 1.54) is 21.3 Å². The fourth-order valence-electron chi connectivity index (χ4n) is 2.52. The topological polar surface area (TPSA) is 30.9 Å². The van der Waals surface area contributed by atoms with Crippen LogP contribution in [0.2, 0.25) is 0 Å². The Labute approximate surface area is 117 Å². The van der Waals surface area contributed by atoms with Crippen LogP contribution in [0.5, 0.6) is 0 Å². The van der Waals surface area contributed by atoms with Crippen LogP contribution in [0.25, 0.3) is 10.9 Å². The summed E-state index contributed by atoms with van der Waals surface area (Å²) >= 11 is 1.80. The van der Waals surface area contributed by atoms with Crippen molar-refractivity contribution in [3.63, 3.8) is 0 Å². The molecule has 1 unspecified atom stereocenters. The predicted octanol–water partition coefficient (Wildman–Crippen LogP) is 3.64. The van der Waals surface area contributed by atoms with Crippen LogP contribution in [-0.4, -0.2) is 10.6 Å². The van der Waals surface area contributed by atoms with Gasteiger partial charge in [-0.1, -0.05) is 18.2 Å². The van der Waals surface area contributed by atoms with Gasteiger partial charge < -0.3 is 10.3 Å². The highest BCUT2D eigenvalue weighted by Gasteiger charge is 2.07. The molecule has 0 aliphatic carbocycles. The van der Waals surface area contributed by atoms with Gasteiger partial charge in [0.05, 0.1) is 6.54 Å². The Kier molecular flexibility index (Phi) is 3.40. The first-order valence-corrected chi connectivity index (χ1v) is 7.46. The Morgan fingerprint density at radius 1 is 1.21 bits per heavy atom. The van der Waals surface area contributed by atoms with Crippen molar-refractivity contribution in [2.24, 2.45) is 5.73 Å². The van der Waals surface area contributed by atoms with Crippen molar-refractivity contribution in [3.8, 4) is 0 Å². The maximum Gasteiger partial charge on any atom is 0.0569 e. The third-order valence-electron chi connectivity index (χ3n) is 3.35. The van der Waals surface area contributed by atoms with Crippen LogP contribution in [0.4, 0.5) is 0 Å². The summed E-state index contributed by atoms with van der Waals surface area (Å²) in [6.07, 6.45) is 3.11. The summed E-state index contributed by atoms with van der Waals surface area (Å²) in [5.41, 5.74) is 8.57. The van der Waals surface area contributed by atoms with E-state index >= 15 is 0 Å². The number of nitrogens with zero attached hydrogens (tertiary/aromatic N) is 1. The molecule has 0 saturated carbocycles. The molecular weight excluding hydrogens is 252 g/mol. The number of benzene rings is 1. The van der Waals surface area contributed by atoms with Gasteiger partial charge in [0.25, 0.3) is 0 Å². The molecule has 2 N–H and O–H groups in total. The van der Waals surface area contributed by atoms with E-state index in [1.807, 2.05) is 0 Å². The van der Waals surface area contributed by atoms with Gasteiger partial charge in [0.1, 0.15) is 0 Å². The van der Waals surface area contributed by atoms with Crippen LogP contribution >= 0.6 is 11.3 Å². The Morgan fingerprint density at radius 2 is 2.11 bits per heavy atom. The van der Waals surface area contributed by atoms with E-state index in [9.17, 15) is 0 Å². The Hall–Kier alpha value is -1.58. The molecule has 0 radical (unpaired) electrons. The van der Waals surface area contributed by atoms with Crippen LogP contribution in [0.3, 0.4) is 0 Å². The van der Waals surface area contributed by atoms with Crippen molar-refractivity contribution in [2.75, 3.05) is 0 Å². The summed E-state index contributed by atoms with van der Waals surface area (Å²) in [7, 11) is 0. The van der Waals surface area contributed by atoms with Crippen molar-refractivity contribution in [2.45, 2.75) is 25.9 Å². The molecule has 2 aromatic heterocycles. The number of fused-ring (bicyclic) bond motifs is 1. The van der Waals surface area contributed by atoms with Gasteiger partial charge in [0, 0.05) is 28.0 Å². The molecular formula is C16H18N2S. The third-order valence-corrected chi connectivity index (χ3v) is 4.21. The molecule has 1 aromatic carbocycles. The van der Waals surface area contributed by atoms with Crippen molar-refractivity contribution in [1.82, 2.24) is 4.57 Å². The van der Waals surface area contributed by atoms with E-state index in [2.05, 4.69) is 59.5 Å². The zero-order chi connectivity index (χ0) is 13.2. The molecule has 0 aliphatic heterocycles. The summed E-state index contributed by atoms with van der Waals surface area (Å²) in [5, 5.41) is 3.46. The van der Waals surface area contributed by atoms with Gasteiger partial charge in [-0.05, 0) is 42.5 Å². The summed E-state index contributed by atoms with van der Waals surface area (Å²) < 4.78 is 2.31. The molecule has 1 atom stereocenters. The van der Waals surface area contributed by atoms with Crippen LogP contribution < -0.4 is 5.73 Å². The van der Waals surface area contributed by atoms with Gasteiger partial charge in [0.2, 0.25) is 0 Å². The first-order chi connectivity index (χ1) is 9.24. The lowest BCUT2D eigenvalue weighted by atomic mass is 10.0. The first-order valence-electron chi connectivity index (χ1n) is 6.59. The summed E-state index contributed by atoms with van der Waals surface area (Å²) in [5.74, 6) is 0. The largest absolute Gasteiger partial charge is 0.342 e. The van der Waals surface area contributed by atoms with E-state index in [0.29, 0.717) is 0 Å². The number of thiophene rings is 1. The van der Waals surface area contributed by atoms with Crippen molar-refractivity contribution >= 4 is 22.2 Å². The molecule has 0 saturated heterocycles. The molecule has 2 heterocycles. The van der Waals surface area contributed by atoms with Crippen molar-refractivity contribution in [1.29, 1.82) is 0 Å². The first kappa shape index (κ1) is 12.5. The maximum absolute atomic E-state index is 5.93. The number of hydrogen-bond acceptors (Lipinski definition) is 2. The van der Waals surface area contributed by atoms with Gasteiger partial charge in [-0.25, -0.2) is 0 Å². The van der Waals surface area contributed by atoms with Crippen molar-refractivity contribution < 1.29 is 0 Å². The molecule has 19 heavy (non-hydrogen) atoms. The average molecular weight is 270 g/mol. The smallest absolute Gasteiger partial charge is 0.0569 e. The second-order valence-electron chi connectivity index (χ2n) is 5.05. The van der Waals surface area contributed by atoms with E-state index in [-0.39, 0.29) is 6.04 Å². The Bertz CT molecular complexity index is 665. The molecule has 3 aromatic rings. The zero-order valence-electron chi connectivity index (χ0n) is 11.0. The fourth-order valence-corrected chi connectivity index (χ4v) is 3.22. The minimum atomic E-state index is 0.200. The van der Waals surface area contributed by atoms with Gasteiger partial charge >= 0.3 is 0 Å². The van der Waals surface area contributed by atoms with E-state index in [1.54, 1.807) is 11.3 Å². The average Bonchev–Trinajstić information content (AvgIpc) is 3.00. The zero-order valence-corrected chi connectivity index (χ0v) is 11.9. The SMILES string of the molecule is CC(N)Cc1cccc2c1ccn2Cc1cccs1. The third kappa shape index (κ3) is 2.57. The van der Waals surface area contributed by atoms with Gasteiger partial charge in [-0.3, -0.25) is 0 Å².